The van der Waals surface area contributed by atoms with E-state index in [1.165, 1.54) is 71.0 Å². The first-order valence-corrected chi connectivity index (χ1v) is 8.68. The molecular formula is C17H32N2O. The minimum atomic E-state index is 0.289. The minimum Gasteiger partial charge on any atom is -0.370 e. The second-order valence-electron chi connectivity index (χ2n) is 7.85. The molecule has 3 aliphatic rings. The lowest BCUT2D eigenvalue weighted by molar-refractivity contribution is -0.0708. The largest absolute Gasteiger partial charge is 0.370 e. The SMILES string of the molecule is CNCC1(C)CCN(CC2CCC3(CCCCC3)O2)C1. The van der Waals surface area contributed by atoms with Gasteiger partial charge in [-0.3, -0.25) is 0 Å². The highest BCUT2D eigenvalue weighted by atomic mass is 16.5. The van der Waals surface area contributed by atoms with E-state index in [1.807, 2.05) is 0 Å². The lowest BCUT2D eigenvalue weighted by atomic mass is 9.83. The maximum Gasteiger partial charge on any atom is 0.0710 e. The van der Waals surface area contributed by atoms with Crippen molar-refractivity contribution in [2.75, 3.05) is 33.2 Å². The van der Waals surface area contributed by atoms with Gasteiger partial charge in [-0.1, -0.05) is 26.2 Å². The Labute approximate surface area is 124 Å². The van der Waals surface area contributed by atoms with Gasteiger partial charge in [-0.05, 0) is 51.1 Å². The molecule has 1 spiro atoms. The fourth-order valence-electron chi connectivity index (χ4n) is 4.73. The molecule has 2 atom stereocenters. The molecular weight excluding hydrogens is 248 g/mol. The third kappa shape index (κ3) is 3.20. The topological polar surface area (TPSA) is 24.5 Å². The van der Waals surface area contributed by atoms with E-state index in [-0.39, 0.29) is 5.60 Å². The molecule has 2 unspecified atom stereocenters. The zero-order chi connectivity index (χ0) is 14.1. The van der Waals surface area contributed by atoms with Crippen LogP contribution in [0.1, 0.15) is 58.3 Å². The van der Waals surface area contributed by atoms with Crippen LogP contribution < -0.4 is 5.32 Å². The molecule has 1 aliphatic carbocycles. The highest BCUT2D eigenvalue weighted by molar-refractivity contribution is 4.94. The summed E-state index contributed by atoms with van der Waals surface area (Å²) < 4.78 is 6.52. The summed E-state index contributed by atoms with van der Waals surface area (Å²) in [6.45, 7) is 7.22. The van der Waals surface area contributed by atoms with Crippen molar-refractivity contribution in [3.63, 3.8) is 0 Å². The first-order chi connectivity index (χ1) is 9.63. The van der Waals surface area contributed by atoms with E-state index in [1.54, 1.807) is 0 Å². The molecule has 3 nitrogen and oxygen atoms in total. The second-order valence-corrected chi connectivity index (χ2v) is 7.85. The summed E-state index contributed by atoms with van der Waals surface area (Å²) in [7, 11) is 2.07. The lowest BCUT2D eigenvalue weighted by Crippen LogP contribution is -2.38. The molecule has 0 bridgehead atoms. The molecule has 3 fully saturated rings. The Morgan fingerprint density at radius 1 is 1.15 bits per heavy atom. The predicted octanol–water partition coefficient (Wildman–Crippen LogP) is 2.80. The van der Waals surface area contributed by atoms with Gasteiger partial charge in [0.1, 0.15) is 0 Å². The van der Waals surface area contributed by atoms with Crippen LogP contribution in [0.3, 0.4) is 0 Å². The van der Waals surface area contributed by atoms with Gasteiger partial charge in [0.25, 0.3) is 0 Å². The standard InChI is InChI=1S/C17H32N2O/c1-16(13-18-2)10-11-19(14-16)12-15-6-9-17(20-15)7-4-3-5-8-17/h15,18H,3-14H2,1-2H3. The van der Waals surface area contributed by atoms with Gasteiger partial charge in [-0.2, -0.15) is 0 Å². The Morgan fingerprint density at radius 2 is 1.95 bits per heavy atom. The van der Waals surface area contributed by atoms with Crippen molar-refractivity contribution >= 4 is 0 Å². The third-order valence-electron chi connectivity index (χ3n) is 5.81. The van der Waals surface area contributed by atoms with E-state index in [9.17, 15) is 0 Å². The molecule has 2 heterocycles. The van der Waals surface area contributed by atoms with Crippen molar-refractivity contribution in [3.8, 4) is 0 Å². The van der Waals surface area contributed by atoms with Crippen LogP contribution in [0.4, 0.5) is 0 Å². The summed E-state index contributed by atoms with van der Waals surface area (Å²) in [5.74, 6) is 0. The van der Waals surface area contributed by atoms with Crippen LogP contribution in [-0.2, 0) is 4.74 Å². The lowest BCUT2D eigenvalue weighted by Gasteiger charge is -2.34. The van der Waals surface area contributed by atoms with Gasteiger partial charge in [0, 0.05) is 19.6 Å². The Balaban J connectivity index is 1.48. The summed E-state index contributed by atoms with van der Waals surface area (Å²) in [4.78, 5) is 2.64. The van der Waals surface area contributed by atoms with Crippen LogP contribution >= 0.6 is 0 Å². The molecule has 20 heavy (non-hydrogen) atoms. The second kappa shape index (κ2) is 5.94. The number of rotatable bonds is 4. The maximum atomic E-state index is 6.52. The molecule has 3 rings (SSSR count). The van der Waals surface area contributed by atoms with E-state index in [2.05, 4.69) is 24.2 Å². The van der Waals surface area contributed by atoms with Crippen molar-refractivity contribution in [1.29, 1.82) is 0 Å². The van der Waals surface area contributed by atoms with Gasteiger partial charge < -0.3 is 15.0 Å². The molecule has 0 radical (unpaired) electrons. The van der Waals surface area contributed by atoms with Crippen LogP contribution in [-0.4, -0.2) is 49.8 Å². The molecule has 0 aromatic rings. The van der Waals surface area contributed by atoms with Gasteiger partial charge in [0.2, 0.25) is 0 Å². The highest BCUT2D eigenvalue weighted by Gasteiger charge is 2.42. The van der Waals surface area contributed by atoms with Crippen LogP contribution in [0.25, 0.3) is 0 Å². The van der Waals surface area contributed by atoms with Crippen LogP contribution in [0.15, 0.2) is 0 Å². The molecule has 3 heteroatoms. The summed E-state index contributed by atoms with van der Waals surface area (Å²) in [5, 5.41) is 3.35. The molecule has 0 aromatic carbocycles. The van der Waals surface area contributed by atoms with Crippen LogP contribution in [0.5, 0.6) is 0 Å². The van der Waals surface area contributed by atoms with Crippen LogP contribution in [0.2, 0.25) is 0 Å². The maximum absolute atomic E-state index is 6.52. The summed E-state index contributed by atoms with van der Waals surface area (Å²) in [5.41, 5.74) is 0.757. The van der Waals surface area contributed by atoms with Crippen molar-refractivity contribution in [2.45, 2.75) is 70.0 Å². The van der Waals surface area contributed by atoms with Gasteiger partial charge in [0.05, 0.1) is 11.7 Å². The fraction of sp³-hybridized carbons (Fsp3) is 1.00. The van der Waals surface area contributed by atoms with Gasteiger partial charge in [0.15, 0.2) is 0 Å². The smallest absolute Gasteiger partial charge is 0.0710 e. The van der Waals surface area contributed by atoms with E-state index < -0.39 is 0 Å². The van der Waals surface area contributed by atoms with Crippen molar-refractivity contribution < 1.29 is 4.74 Å². The van der Waals surface area contributed by atoms with E-state index in [0.29, 0.717) is 11.5 Å². The summed E-state index contributed by atoms with van der Waals surface area (Å²) in [6.07, 6.45) is 11.3. The zero-order valence-electron chi connectivity index (χ0n) is 13.4. The molecule has 2 saturated heterocycles. The number of ether oxygens (including phenoxy) is 1. The fourth-order valence-corrected chi connectivity index (χ4v) is 4.73. The highest BCUT2D eigenvalue weighted by Crippen LogP contribution is 2.42. The summed E-state index contributed by atoms with van der Waals surface area (Å²) in [6, 6.07) is 0. The number of hydrogen-bond donors (Lipinski definition) is 1. The van der Waals surface area contributed by atoms with Crippen LogP contribution in [0, 0.1) is 5.41 Å². The van der Waals surface area contributed by atoms with E-state index >= 15 is 0 Å². The Morgan fingerprint density at radius 3 is 2.70 bits per heavy atom. The number of hydrogen-bond acceptors (Lipinski definition) is 3. The first kappa shape index (κ1) is 14.8. The Hall–Kier alpha value is -0.120. The number of nitrogens with one attached hydrogen (secondary N) is 1. The average molecular weight is 280 g/mol. The Bertz CT molecular complexity index is 327. The molecule has 2 aliphatic heterocycles. The van der Waals surface area contributed by atoms with E-state index in [0.717, 1.165) is 6.54 Å². The van der Waals surface area contributed by atoms with Gasteiger partial charge >= 0.3 is 0 Å². The monoisotopic (exact) mass is 280 g/mol. The zero-order valence-corrected chi connectivity index (χ0v) is 13.4. The van der Waals surface area contributed by atoms with E-state index in [4.69, 9.17) is 4.74 Å². The normalized spacial score (nSPS) is 37.8. The molecule has 116 valence electrons. The molecule has 1 N–H and O–H groups in total. The summed E-state index contributed by atoms with van der Waals surface area (Å²) >= 11 is 0. The predicted molar refractivity (Wildman–Crippen MR) is 83.0 cm³/mol. The average Bonchev–Trinajstić information content (AvgIpc) is 2.97. The molecule has 0 amide bonds. The van der Waals surface area contributed by atoms with Gasteiger partial charge in [-0.25, -0.2) is 0 Å². The molecule has 1 saturated carbocycles. The quantitative estimate of drug-likeness (QED) is 0.857. The van der Waals surface area contributed by atoms with Gasteiger partial charge in [-0.15, -0.1) is 0 Å². The Kier molecular flexibility index (Phi) is 4.40. The minimum absolute atomic E-state index is 0.289. The van der Waals surface area contributed by atoms with Crippen molar-refractivity contribution in [2.24, 2.45) is 5.41 Å². The number of nitrogens with zero attached hydrogens (tertiary/aromatic N) is 1. The molecule has 0 aromatic heterocycles. The first-order valence-electron chi connectivity index (χ1n) is 8.68. The third-order valence-corrected chi connectivity index (χ3v) is 5.81. The number of likely N-dealkylation sites (tertiary alicyclic amines) is 1. The van der Waals surface area contributed by atoms with Crippen molar-refractivity contribution in [3.05, 3.63) is 0 Å². The van der Waals surface area contributed by atoms with Crippen molar-refractivity contribution in [1.82, 2.24) is 10.2 Å².